The van der Waals surface area contributed by atoms with Crippen LogP contribution in [0.2, 0.25) is 0 Å². The van der Waals surface area contributed by atoms with Crippen molar-refractivity contribution in [1.29, 1.82) is 0 Å². The number of pyridine rings is 1. The number of nitrogens with one attached hydrogen (secondary N) is 2. The molecule has 0 aliphatic heterocycles. The fraction of sp³-hybridized carbons (Fsp3) is 0.385. The molecule has 0 aromatic carbocycles. The second-order valence-corrected chi connectivity index (χ2v) is 4.66. The number of rotatable bonds is 4. The number of hydrogen-bond acceptors (Lipinski definition) is 4. The largest absolute Gasteiger partial charge is 0.351 e. The van der Waals surface area contributed by atoms with E-state index < -0.39 is 0 Å². The highest BCUT2D eigenvalue weighted by atomic mass is 16.2. The van der Waals surface area contributed by atoms with Crippen molar-refractivity contribution < 1.29 is 4.79 Å². The van der Waals surface area contributed by atoms with Crippen LogP contribution in [0.1, 0.15) is 27.3 Å². The van der Waals surface area contributed by atoms with E-state index in [2.05, 4.69) is 20.7 Å². The van der Waals surface area contributed by atoms with Crippen LogP contribution in [0.15, 0.2) is 17.1 Å². The molecule has 7 heteroatoms. The Bertz CT molecular complexity index is 673. The highest BCUT2D eigenvalue weighted by Gasteiger charge is 2.14. The van der Waals surface area contributed by atoms with Gasteiger partial charge in [-0.15, -0.1) is 0 Å². The van der Waals surface area contributed by atoms with E-state index in [9.17, 15) is 9.59 Å². The lowest BCUT2D eigenvalue weighted by Gasteiger charge is -2.10. The molecule has 0 saturated heterocycles. The van der Waals surface area contributed by atoms with Crippen LogP contribution in [0.25, 0.3) is 0 Å². The second-order valence-electron chi connectivity index (χ2n) is 4.66. The van der Waals surface area contributed by atoms with Gasteiger partial charge in [0, 0.05) is 25.7 Å². The minimum absolute atomic E-state index is 0.163. The van der Waals surface area contributed by atoms with Gasteiger partial charge in [0.15, 0.2) is 0 Å². The topological polar surface area (TPSA) is 92.7 Å². The zero-order valence-corrected chi connectivity index (χ0v) is 11.7. The van der Waals surface area contributed by atoms with E-state index in [1.54, 1.807) is 19.3 Å². The molecule has 0 unspecified atom stereocenters. The minimum atomic E-state index is -0.364. The van der Waals surface area contributed by atoms with Crippen LogP contribution in [-0.2, 0) is 13.5 Å². The number of carbonyl (C=O) groups is 1. The molecule has 2 aromatic heterocycles. The maximum absolute atomic E-state index is 12.0. The van der Waals surface area contributed by atoms with Crippen molar-refractivity contribution in [3.63, 3.8) is 0 Å². The van der Waals surface area contributed by atoms with Crippen LogP contribution in [0.4, 0.5) is 0 Å². The fourth-order valence-electron chi connectivity index (χ4n) is 1.89. The van der Waals surface area contributed by atoms with Gasteiger partial charge in [0.05, 0.1) is 11.9 Å². The average Bonchev–Trinajstić information content (AvgIpc) is 2.93. The summed E-state index contributed by atoms with van der Waals surface area (Å²) in [6, 6.07) is 1.63. The molecule has 2 aromatic rings. The van der Waals surface area contributed by atoms with Gasteiger partial charge in [0.1, 0.15) is 5.56 Å². The Balaban J connectivity index is 2.08. The van der Waals surface area contributed by atoms with E-state index in [0.717, 1.165) is 17.0 Å². The molecule has 0 atom stereocenters. The third-order valence-electron chi connectivity index (χ3n) is 3.35. The molecule has 0 aliphatic rings. The van der Waals surface area contributed by atoms with Gasteiger partial charge in [-0.05, 0) is 25.5 Å². The fourth-order valence-corrected chi connectivity index (χ4v) is 1.89. The lowest BCUT2D eigenvalue weighted by molar-refractivity contribution is 0.0952. The van der Waals surface area contributed by atoms with Crippen LogP contribution >= 0.6 is 0 Å². The van der Waals surface area contributed by atoms with Crippen LogP contribution in [0, 0.1) is 13.8 Å². The number of hydrogen-bond donors (Lipinski definition) is 2. The van der Waals surface area contributed by atoms with Gasteiger partial charge in [-0.1, -0.05) is 0 Å². The molecule has 0 radical (unpaired) electrons. The summed E-state index contributed by atoms with van der Waals surface area (Å²) in [5.74, 6) is -0.364. The second kappa shape index (κ2) is 5.68. The van der Waals surface area contributed by atoms with Gasteiger partial charge >= 0.3 is 0 Å². The molecule has 0 saturated carbocycles. The van der Waals surface area contributed by atoms with Crippen LogP contribution in [0.5, 0.6) is 0 Å². The van der Waals surface area contributed by atoms with Crippen molar-refractivity contribution in [2.45, 2.75) is 20.3 Å². The van der Waals surface area contributed by atoms with Crippen molar-refractivity contribution in [3.05, 3.63) is 45.1 Å². The Morgan fingerprint density at radius 2 is 2.20 bits per heavy atom. The summed E-state index contributed by atoms with van der Waals surface area (Å²) in [6.45, 7) is 4.13. The quantitative estimate of drug-likeness (QED) is 0.827. The number of aryl methyl sites for hydroxylation is 1. The predicted octanol–water partition coefficient (Wildman–Crippen LogP) is 0.0927. The normalized spacial score (nSPS) is 10.6. The Kier molecular flexibility index (Phi) is 3.97. The Hall–Kier alpha value is -2.44. The third-order valence-corrected chi connectivity index (χ3v) is 3.35. The van der Waals surface area contributed by atoms with E-state index >= 15 is 0 Å². The van der Waals surface area contributed by atoms with E-state index in [4.69, 9.17) is 0 Å². The monoisotopic (exact) mass is 275 g/mol. The number of aromatic amines is 1. The van der Waals surface area contributed by atoms with Gasteiger partial charge in [0.25, 0.3) is 11.5 Å². The van der Waals surface area contributed by atoms with Crippen molar-refractivity contribution in [3.8, 4) is 0 Å². The predicted molar refractivity (Wildman–Crippen MR) is 73.6 cm³/mol. The molecule has 0 spiro atoms. The summed E-state index contributed by atoms with van der Waals surface area (Å²) >= 11 is 0. The molecule has 106 valence electrons. The van der Waals surface area contributed by atoms with Crippen molar-refractivity contribution in [2.75, 3.05) is 6.54 Å². The zero-order chi connectivity index (χ0) is 14.7. The summed E-state index contributed by atoms with van der Waals surface area (Å²) in [6.07, 6.45) is 2.16. The standard InChI is InChI=1S/C13H17N5O2/c1-8-6-11(13(20)18(3)9(8)2)12(19)14-5-4-10-7-15-17-16-10/h6-7H,4-5H2,1-3H3,(H,14,19)(H,15,16,17). The maximum Gasteiger partial charge on any atom is 0.263 e. The van der Waals surface area contributed by atoms with Gasteiger partial charge in [0.2, 0.25) is 0 Å². The summed E-state index contributed by atoms with van der Waals surface area (Å²) in [5.41, 5.74) is 2.41. The number of nitrogens with zero attached hydrogens (tertiary/aromatic N) is 3. The number of aromatic nitrogens is 4. The molecule has 20 heavy (non-hydrogen) atoms. The van der Waals surface area contributed by atoms with Crippen molar-refractivity contribution in [2.24, 2.45) is 7.05 Å². The van der Waals surface area contributed by atoms with Gasteiger partial charge in [-0.2, -0.15) is 15.4 Å². The van der Waals surface area contributed by atoms with E-state index in [-0.39, 0.29) is 17.0 Å². The SMILES string of the molecule is Cc1cc(C(=O)NCCc2cn[nH]n2)c(=O)n(C)c1C. The van der Waals surface area contributed by atoms with Crippen LogP contribution in [-0.4, -0.2) is 32.4 Å². The molecule has 0 aliphatic carbocycles. The number of H-pyrrole nitrogens is 1. The van der Waals surface area contributed by atoms with E-state index in [1.807, 2.05) is 13.8 Å². The average molecular weight is 275 g/mol. The molecule has 1 amide bonds. The molecule has 2 rings (SSSR count). The summed E-state index contributed by atoms with van der Waals surface area (Å²) in [7, 11) is 1.66. The number of carbonyl (C=O) groups excluding carboxylic acids is 1. The first-order chi connectivity index (χ1) is 9.50. The van der Waals surface area contributed by atoms with Gasteiger partial charge in [-0.25, -0.2) is 0 Å². The van der Waals surface area contributed by atoms with Crippen molar-refractivity contribution >= 4 is 5.91 Å². The smallest absolute Gasteiger partial charge is 0.263 e. The Morgan fingerprint density at radius 1 is 1.45 bits per heavy atom. The van der Waals surface area contributed by atoms with Crippen LogP contribution < -0.4 is 10.9 Å². The first-order valence-corrected chi connectivity index (χ1v) is 6.30. The highest BCUT2D eigenvalue weighted by Crippen LogP contribution is 2.05. The molecule has 0 bridgehead atoms. The summed E-state index contributed by atoms with van der Waals surface area (Å²) in [4.78, 5) is 24.1. The lowest BCUT2D eigenvalue weighted by Crippen LogP contribution is -2.34. The first kappa shape index (κ1) is 14.0. The van der Waals surface area contributed by atoms with E-state index in [1.165, 1.54) is 4.57 Å². The van der Waals surface area contributed by atoms with Crippen LogP contribution in [0.3, 0.4) is 0 Å². The first-order valence-electron chi connectivity index (χ1n) is 6.30. The Labute approximate surface area is 116 Å². The summed E-state index contributed by atoms with van der Waals surface area (Å²) in [5, 5.41) is 12.8. The highest BCUT2D eigenvalue weighted by molar-refractivity contribution is 5.94. The maximum atomic E-state index is 12.0. The molecular weight excluding hydrogens is 258 g/mol. The van der Waals surface area contributed by atoms with E-state index in [0.29, 0.717) is 13.0 Å². The lowest BCUT2D eigenvalue weighted by atomic mass is 10.1. The molecule has 2 heterocycles. The molecule has 7 nitrogen and oxygen atoms in total. The third kappa shape index (κ3) is 2.76. The molecule has 0 fully saturated rings. The van der Waals surface area contributed by atoms with Crippen molar-refractivity contribution in [1.82, 2.24) is 25.3 Å². The van der Waals surface area contributed by atoms with Gasteiger partial charge < -0.3 is 9.88 Å². The summed E-state index contributed by atoms with van der Waals surface area (Å²) < 4.78 is 1.49. The number of amides is 1. The molecular formula is C13H17N5O2. The van der Waals surface area contributed by atoms with Gasteiger partial charge in [-0.3, -0.25) is 9.59 Å². The zero-order valence-electron chi connectivity index (χ0n) is 11.7. The Morgan fingerprint density at radius 3 is 2.85 bits per heavy atom. The minimum Gasteiger partial charge on any atom is -0.351 e. The molecule has 2 N–H and O–H groups in total.